The molecule has 0 fully saturated rings. The van der Waals surface area contributed by atoms with E-state index in [1.54, 1.807) is 24.3 Å². The van der Waals surface area contributed by atoms with Crippen LogP contribution in [-0.4, -0.2) is 28.8 Å². The number of hydrogen-bond acceptors (Lipinski definition) is 7. The first-order valence-electron chi connectivity index (χ1n) is 6.76. The molecule has 7 heteroatoms. The third-order valence-electron chi connectivity index (χ3n) is 3.29. The lowest BCUT2D eigenvalue weighted by Gasteiger charge is -2.31. The minimum Gasteiger partial charge on any atom is -0.330 e. The number of fused-ring (bicyclic) bond motifs is 1. The molecule has 0 saturated carbocycles. The molecule has 2 rings (SSSR count). The molecule has 20 heavy (non-hydrogen) atoms. The summed E-state index contributed by atoms with van der Waals surface area (Å²) in [7, 11) is 0. The van der Waals surface area contributed by atoms with E-state index in [-0.39, 0.29) is 5.84 Å². The van der Waals surface area contributed by atoms with Gasteiger partial charge >= 0.3 is 0 Å². The number of rotatable bonds is 6. The van der Waals surface area contributed by atoms with E-state index >= 15 is 0 Å². The molecule has 0 aromatic heterocycles. The molecule has 1 aliphatic heterocycles. The topological polar surface area (TPSA) is 111 Å². The zero-order chi connectivity index (χ0) is 14.5. The Labute approximate surface area is 118 Å². The number of hydroxylamine groups is 1. The average Bonchev–Trinajstić information content (AvgIpc) is 2.47. The Balaban J connectivity index is 2.06. The monoisotopic (exact) mass is 279 g/mol. The molecule has 1 unspecified atom stereocenters. The van der Waals surface area contributed by atoms with Crippen LogP contribution in [0, 0.1) is 0 Å². The highest BCUT2D eigenvalue weighted by Gasteiger charge is 2.27. The standard InChI is InChI=1S/C13H21N5O2/c14-9-5-1-2-6-10(15)13-16-18(20)12-8-4-3-7-11(12)17(13)19/h3-4,7-8,10,19-20H,1-2,5-6,9,14-15H2. The van der Waals surface area contributed by atoms with Gasteiger partial charge in [-0.05, 0) is 31.5 Å². The van der Waals surface area contributed by atoms with Crippen molar-refractivity contribution in [1.82, 2.24) is 0 Å². The predicted octanol–water partition coefficient (Wildman–Crippen LogP) is 1.25. The van der Waals surface area contributed by atoms with E-state index in [0.29, 0.717) is 24.3 Å². The smallest absolute Gasteiger partial charge is 0.174 e. The van der Waals surface area contributed by atoms with Crippen molar-refractivity contribution in [3.8, 4) is 0 Å². The van der Waals surface area contributed by atoms with Crippen molar-refractivity contribution < 1.29 is 10.4 Å². The predicted molar refractivity (Wildman–Crippen MR) is 77.9 cm³/mol. The van der Waals surface area contributed by atoms with Crippen molar-refractivity contribution in [2.24, 2.45) is 16.6 Å². The molecule has 0 bridgehead atoms. The highest BCUT2D eigenvalue weighted by atomic mass is 16.5. The summed E-state index contributed by atoms with van der Waals surface area (Å²) in [5.74, 6) is 0.235. The van der Waals surface area contributed by atoms with Crippen LogP contribution >= 0.6 is 0 Å². The van der Waals surface area contributed by atoms with E-state index < -0.39 is 6.04 Å². The van der Waals surface area contributed by atoms with Crippen LogP contribution < -0.4 is 21.7 Å². The fraction of sp³-hybridized carbons (Fsp3) is 0.462. The lowest BCUT2D eigenvalue weighted by atomic mass is 10.1. The maximum absolute atomic E-state index is 10.2. The number of hydrogen-bond donors (Lipinski definition) is 4. The molecule has 0 radical (unpaired) electrons. The van der Waals surface area contributed by atoms with Gasteiger partial charge in [0.2, 0.25) is 0 Å². The molecule has 0 saturated heterocycles. The van der Waals surface area contributed by atoms with Gasteiger partial charge in [-0.3, -0.25) is 10.4 Å². The van der Waals surface area contributed by atoms with E-state index in [9.17, 15) is 10.4 Å². The van der Waals surface area contributed by atoms with Crippen LogP contribution in [0.2, 0.25) is 0 Å². The van der Waals surface area contributed by atoms with Crippen molar-refractivity contribution >= 4 is 17.2 Å². The van der Waals surface area contributed by atoms with Crippen molar-refractivity contribution in [3.05, 3.63) is 24.3 Å². The molecular weight excluding hydrogens is 258 g/mol. The molecule has 0 spiro atoms. The van der Waals surface area contributed by atoms with Crippen LogP contribution in [0.3, 0.4) is 0 Å². The van der Waals surface area contributed by atoms with E-state index in [1.165, 1.54) is 0 Å². The van der Waals surface area contributed by atoms with E-state index in [1.807, 2.05) is 0 Å². The van der Waals surface area contributed by atoms with Crippen LogP contribution in [0.5, 0.6) is 0 Å². The normalized spacial score (nSPS) is 15.9. The van der Waals surface area contributed by atoms with Crippen molar-refractivity contribution in [1.29, 1.82) is 0 Å². The zero-order valence-corrected chi connectivity index (χ0v) is 11.3. The maximum atomic E-state index is 10.2. The van der Waals surface area contributed by atoms with Crippen LogP contribution in [0.15, 0.2) is 29.4 Å². The van der Waals surface area contributed by atoms with Gasteiger partial charge in [0.25, 0.3) is 0 Å². The second kappa shape index (κ2) is 6.67. The lowest BCUT2D eigenvalue weighted by Crippen LogP contribution is -2.46. The van der Waals surface area contributed by atoms with Crippen LogP contribution in [-0.2, 0) is 0 Å². The summed E-state index contributed by atoms with van der Waals surface area (Å²) >= 11 is 0. The molecule has 110 valence electrons. The molecule has 0 aliphatic carbocycles. The molecule has 1 aromatic carbocycles. The Hall–Kier alpha value is -1.67. The van der Waals surface area contributed by atoms with Gasteiger partial charge in [0.05, 0.1) is 11.7 Å². The highest BCUT2D eigenvalue weighted by Crippen LogP contribution is 2.31. The zero-order valence-electron chi connectivity index (χ0n) is 11.3. The summed E-state index contributed by atoms with van der Waals surface area (Å²) in [4.78, 5) is 0. The van der Waals surface area contributed by atoms with Crippen LogP contribution in [0.1, 0.15) is 25.7 Å². The molecule has 7 nitrogen and oxygen atoms in total. The summed E-state index contributed by atoms with van der Waals surface area (Å²) in [5.41, 5.74) is 12.3. The van der Waals surface area contributed by atoms with Gasteiger partial charge in [-0.15, -0.1) is 10.3 Å². The Kier molecular flexibility index (Phi) is 4.91. The fourth-order valence-corrected chi connectivity index (χ4v) is 2.17. The number of para-hydroxylation sites is 2. The first-order valence-corrected chi connectivity index (χ1v) is 6.76. The number of unbranched alkanes of at least 4 members (excludes halogenated alkanes) is 2. The Morgan fingerprint density at radius 3 is 2.50 bits per heavy atom. The first-order chi connectivity index (χ1) is 9.65. The Bertz CT molecular complexity index is 480. The van der Waals surface area contributed by atoms with E-state index in [0.717, 1.165) is 29.5 Å². The minimum atomic E-state index is -0.444. The molecule has 6 N–H and O–H groups in total. The lowest BCUT2D eigenvalue weighted by molar-refractivity contribution is 0.243. The molecular formula is C13H21N5O2. The summed E-state index contributed by atoms with van der Waals surface area (Å²) < 4.78 is 0. The molecule has 0 amide bonds. The molecule has 1 heterocycles. The SMILES string of the molecule is NCCCCCC(N)C1=NN(O)c2ccccc2N1O. The number of amidine groups is 1. The van der Waals surface area contributed by atoms with Crippen molar-refractivity contribution in [3.63, 3.8) is 0 Å². The number of nitrogens with two attached hydrogens (primary N) is 2. The number of benzene rings is 1. The second-order valence-corrected chi connectivity index (χ2v) is 4.79. The van der Waals surface area contributed by atoms with Gasteiger partial charge in [0, 0.05) is 0 Å². The first kappa shape index (κ1) is 14.7. The summed E-state index contributed by atoms with van der Waals surface area (Å²) in [6.07, 6.45) is 3.52. The van der Waals surface area contributed by atoms with Gasteiger partial charge in [0.1, 0.15) is 5.69 Å². The van der Waals surface area contributed by atoms with Gasteiger partial charge < -0.3 is 11.5 Å². The average molecular weight is 279 g/mol. The van der Waals surface area contributed by atoms with Gasteiger partial charge in [-0.25, -0.2) is 5.06 Å². The van der Waals surface area contributed by atoms with Crippen LogP contribution in [0.25, 0.3) is 0 Å². The quantitative estimate of drug-likeness (QED) is 0.583. The summed E-state index contributed by atoms with van der Waals surface area (Å²) in [5, 5.41) is 25.6. The number of anilines is 2. The maximum Gasteiger partial charge on any atom is 0.174 e. The molecule has 1 aliphatic rings. The largest absolute Gasteiger partial charge is 0.330 e. The fourth-order valence-electron chi connectivity index (χ4n) is 2.17. The van der Waals surface area contributed by atoms with Crippen molar-refractivity contribution in [2.75, 3.05) is 16.8 Å². The number of hydrazone groups is 1. The third kappa shape index (κ3) is 3.07. The van der Waals surface area contributed by atoms with Crippen LogP contribution in [0.4, 0.5) is 11.4 Å². The second-order valence-electron chi connectivity index (χ2n) is 4.79. The summed E-state index contributed by atoms with van der Waals surface area (Å²) in [6.45, 7) is 0.667. The van der Waals surface area contributed by atoms with Gasteiger partial charge in [0.15, 0.2) is 5.84 Å². The highest BCUT2D eigenvalue weighted by molar-refractivity contribution is 6.04. The molecule has 1 atom stereocenters. The number of nitrogens with zero attached hydrogens (tertiary/aromatic N) is 3. The van der Waals surface area contributed by atoms with Gasteiger partial charge in [-0.2, -0.15) is 0 Å². The Morgan fingerprint density at radius 1 is 1.10 bits per heavy atom. The summed E-state index contributed by atoms with van der Waals surface area (Å²) in [6, 6.07) is 6.43. The molecule has 1 aromatic rings. The minimum absolute atomic E-state index is 0.235. The van der Waals surface area contributed by atoms with E-state index in [4.69, 9.17) is 11.5 Å². The van der Waals surface area contributed by atoms with Gasteiger partial charge in [-0.1, -0.05) is 25.0 Å². The Morgan fingerprint density at radius 2 is 1.80 bits per heavy atom. The third-order valence-corrected chi connectivity index (χ3v) is 3.29. The van der Waals surface area contributed by atoms with E-state index in [2.05, 4.69) is 5.10 Å². The van der Waals surface area contributed by atoms with Crippen molar-refractivity contribution in [2.45, 2.75) is 31.7 Å².